The first-order valence-electron chi connectivity index (χ1n) is 35.6. The Balaban J connectivity index is 1.68. The van der Waals surface area contributed by atoms with Crippen LogP contribution >= 0.6 is 0 Å². The maximum atomic E-state index is 13.3. The largest absolute Gasteiger partial charge is 0.394 e. The average molecular weight is 1270 g/mol. The number of hydrogen-bond acceptors (Lipinski definition) is 13. The van der Waals surface area contributed by atoms with Crippen LogP contribution in [0.1, 0.15) is 239 Å². The van der Waals surface area contributed by atoms with E-state index in [0.717, 1.165) is 116 Å². The summed E-state index contributed by atoms with van der Waals surface area (Å²) in [6.07, 6.45) is 72.9. The second-order valence-corrected chi connectivity index (χ2v) is 24.3. The van der Waals surface area contributed by atoms with Gasteiger partial charge in [-0.05, 0) is 103 Å². The summed E-state index contributed by atoms with van der Waals surface area (Å²) in [5.41, 5.74) is 0. The van der Waals surface area contributed by atoms with Crippen molar-refractivity contribution in [2.24, 2.45) is 0 Å². The van der Waals surface area contributed by atoms with Crippen LogP contribution in [0.15, 0.2) is 146 Å². The van der Waals surface area contributed by atoms with E-state index in [1.807, 2.05) is 0 Å². The van der Waals surface area contributed by atoms with E-state index < -0.39 is 86.8 Å². The third-order valence-electron chi connectivity index (χ3n) is 16.3. The van der Waals surface area contributed by atoms with Gasteiger partial charge in [-0.3, -0.25) is 4.79 Å². The van der Waals surface area contributed by atoms with Crippen molar-refractivity contribution in [1.82, 2.24) is 5.32 Å². The SMILES string of the molecule is CC/C=C\C/C=C\C/C=C\C/C=C\C/C=C\C/C=C\C/C=C\C/C=C\C/C=C\C/C=C\C/C=C\C/C=C\CCCCC(=O)NC(COC1OC(CO)C(OC2OC(CO)C(O)C(O)C2O)C(O)C1O)C(O)CCCCCCCCCCCCCCCCCCCC. The minimum absolute atomic E-state index is 0.240. The molecule has 518 valence electrons. The van der Waals surface area contributed by atoms with E-state index in [0.29, 0.717) is 12.8 Å². The molecule has 2 rings (SSSR count). The summed E-state index contributed by atoms with van der Waals surface area (Å²) in [5.74, 6) is -0.253. The van der Waals surface area contributed by atoms with Gasteiger partial charge < -0.3 is 65.1 Å². The molecule has 0 aromatic rings. The zero-order chi connectivity index (χ0) is 65.9. The predicted octanol–water partition coefficient (Wildman–Crippen LogP) is 14.8. The van der Waals surface area contributed by atoms with Gasteiger partial charge in [0.05, 0.1) is 32.0 Å². The molecule has 0 aromatic heterocycles. The molecule has 2 aliphatic heterocycles. The summed E-state index contributed by atoms with van der Waals surface area (Å²) in [6, 6.07) is -0.864. The Hall–Kier alpha value is -4.13. The first-order valence-corrected chi connectivity index (χ1v) is 35.6. The summed E-state index contributed by atoms with van der Waals surface area (Å²) in [5, 5.41) is 87.5. The third-order valence-corrected chi connectivity index (χ3v) is 16.3. The van der Waals surface area contributed by atoms with Crippen molar-refractivity contribution in [2.45, 2.75) is 312 Å². The number of rotatable bonds is 56. The average Bonchev–Trinajstić information content (AvgIpc) is 1.19. The first-order chi connectivity index (χ1) is 44.6. The van der Waals surface area contributed by atoms with Crippen LogP contribution in [0, 0.1) is 0 Å². The van der Waals surface area contributed by atoms with Gasteiger partial charge >= 0.3 is 0 Å². The number of nitrogens with one attached hydrogen (secondary N) is 1. The van der Waals surface area contributed by atoms with Crippen molar-refractivity contribution < 1.29 is 64.6 Å². The van der Waals surface area contributed by atoms with Gasteiger partial charge in [0.15, 0.2) is 12.6 Å². The summed E-state index contributed by atoms with van der Waals surface area (Å²) in [6.45, 7) is 2.72. The highest BCUT2D eigenvalue weighted by Gasteiger charge is 2.51. The maximum absolute atomic E-state index is 13.3. The van der Waals surface area contributed by atoms with Gasteiger partial charge in [0.1, 0.15) is 48.8 Å². The number of amides is 1. The Bertz CT molecular complexity index is 2090. The van der Waals surface area contributed by atoms with E-state index in [9.17, 15) is 45.6 Å². The Morgan fingerprint density at radius 3 is 1.14 bits per heavy atom. The molecule has 2 fully saturated rings. The van der Waals surface area contributed by atoms with Gasteiger partial charge in [0, 0.05) is 6.42 Å². The molecule has 2 heterocycles. The molecular weight excluding hydrogens is 1150 g/mol. The van der Waals surface area contributed by atoms with Crippen LogP contribution in [0.5, 0.6) is 0 Å². The number of carbonyl (C=O) groups is 1. The normalized spacial score (nSPS) is 23.7. The van der Waals surface area contributed by atoms with Gasteiger partial charge in [-0.1, -0.05) is 275 Å². The molecule has 1 amide bonds. The lowest BCUT2D eigenvalue weighted by molar-refractivity contribution is -0.359. The number of unbranched alkanes of at least 4 members (excludes halogenated alkanes) is 19. The minimum Gasteiger partial charge on any atom is -0.394 e. The lowest BCUT2D eigenvalue weighted by Crippen LogP contribution is -2.65. The fourth-order valence-electron chi connectivity index (χ4n) is 10.7. The van der Waals surface area contributed by atoms with Crippen LogP contribution in [0.3, 0.4) is 0 Å². The molecule has 14 nitrogen and oxygen atoms in total. The highest BCUT2D eigenvalue weighted by Crippen LogP contribution is 2.30. The van der Waals surface area contributed by atoms with Gasteiger partial charge in [-0.15, -0.1) is 0 Å². The summed E-state index contributed by atoms with van der Waals surface area (Å²) >= 11 is 0. The molecule has 91 heavy (non-hydrogen) atoms. The van der Waals surface area contributed by atoms with Crippen LogP contribution in [0.4, 0.5) is 0 Å². The lowest BCUT2D eigenvalue weighted by atomic mass is 9.97. The fraction of sp³-hybridized carbons (Fsp3) is 0.675. The maximum Gasteiger partial charge on any atom is 0.220 e. The van der Waals surface area contributed by atoms with Gasteiger partial charge in [0.25, 0.3) is 0 Å². The molecule has 0 saturated carbocycles. The summed E-state index contributed by atoms with van der Waals surface area (Å²) < 4.78 is 22.9. The van der Waals surface area contributed by atoms with Crippen molar-refractivity contribution in [3.63, 3.8) is 0 Å². The number of hydrogen-bond donors (Lipinski definition) is 9. The van der Waals surface area contributed by atoms with Crippen molar-refractivity contribution in [2.75, 3.05) is 19.8 Å². The number of carbonyl (C=O) groups excluding carboxylic acids is 1. The van der Waals surface area contributed by atoms with Crippen LogP contribution in [0.25, 0.3) is 0 Å². The molecule has 0 radical (unpaired) electrons. The zero-order valence-electron chi connectivity index (χ0n) is 56.3. The van der Waals surface area contributed by atoms with Crippen molar-refractivity contribution in [3.8, 4) is 0 Å². The Morgan fingerprint density at radius 2 is 0.758 bits per heavy atom. The van der Waals surface area contributed by atoms with Crippen LogP contribution in [-0.2, 0) is 23.7 Å². The molecule has 9 N–H and O–H groups in total. The topological polar surface area (TPSA) is 228 Å². The molecule has 12 unspecified atom stereocenters. The van der Waals surface area contributed by atoms with Gasteiger partial charge in [-0.2, -0.15) is 0 Å². The monoisotopic (exact) mass is 1270 g/mol. The third kappa shape index (κ3) is 43.5. The van der Waals surface area contributed by atoms with E-state index in [2.05, 4.69) is 165 Å². The number of allylic oxidation sites excluding steroid dienone is 24. The second-order valence-electron chi connectivity index (χ2n) is 24.3. The summed E-state index contributed by atoms with van der Waals surface area (Å²) in [7, 11) is 0. The zero-order valence-corrected chi connectivity index (χ0v) is 56.3. The molecule has 0 aromatic carbocycles. The standard InChI is InChI=1S/C77H127NO13/c1-3-5-7-9-11-13-15-17-19-21-23-24-25-26-27-28-29-30-31-32-33-34-35-36-37-38-39-40-41-42-43-45-47-49-51-53-55-57-59-61-69(82)78-65(66(81)60-58-56-54-52-50-48-46-44-22-20-18-16-14-12-10-8-6-4-2)64-88-76-74(87)72(85)75(68(63-80)90-76)91-77-73(86)71(84)70(83)67(62-79)89-77/h5,7,11,13,17,19,23-24,26-27,29-30,32-33,35-36,38-39,41-42,45,47,51,53,65-68,70-77,79-81,83-87H,3-4,6,8-10,12,14-16,18,20-22,25,28,31,34,37,40,43-44,46,48-50,52,54-64H2,1-2H3,(H,78,82)/b7-5-,13-11-,19-17-,24-23-,27-26-,30-29-,33-32-,36-35-,39-38-,42-41-,47-45-,53-51-. The van der Waals surface area contributed by atoms with Crippen molar-refractivity contribution in [3.05, 3.63) is 146 Å². The molecule has 0 bridgehead atoms. The van der Waals surface area contributed by atoms with Crippen molar-refractivity contribution >= 4 is 5.91 Å². The van der Waals surface area contributed by atoms with Crippen LogP contribution in [-0.4, -0.2) is 140 Å². The number of aliphatic hydroxyl groups excluding tert-OH is 8. The van der Waals surface area contributed by atoms with E-state index >= 15 is 0 Å². The highest BCUT2D eigenvalue weighted by molar-refractivity contribution is 5.76. The number of ether oxygens (including phenoxy) is 4. The van der Waals surface area contributed by atoms with E-state index in [-0.39, 0.29) is 18.9 Å². The van der Waals surface area contributed by atoms with Crippen molar-refractivity contribution in [1.29, 1.82) is 0 Å². The van der Waals surface area contributed by atoms with E-state index in [1.54, 1.807) is 0 Å². The first kappa shape index (κ1) is 83.0. The molecule has 2 aliphatic rings. The van der Waals surface area contributed by atoms with E-state index in [1.165, 1.54) is 89.9 Å². The summed E-state index contributed by atoms with van der Waals surface area (Å²) in [4.78, 5) is 13.3. The Labute approximate surface area is 551 Å². The van der Waals surface area contributed by atoms with Gasteiger partial charge in [0.2, 0.25) is 5.91 Å². The molecule has 12 atom stereocenters. The molecule has 0 spiro atoms. The predicted molar refractivity (Wildman–Crippen MR) is 373 cm³/mol. The molecule has 0 aliphatic carbocycles. The van der Waals surface area contributed by atoms with E-state index in [4.69, 9.17) is 18.9 Å². The fourth-order valence-corrected chi connectivity index (χ4v) is 10.7. The molecule has 2 saturated heterocycles. The minimum atomic E-state index is -1.79. The molecular formula is C77H127NO13. The van der Waals surface area contributed by atoms with Gasteiger partial charge in [-0.25, -0.2) is 0 Å². The van der Waals surface area contributed by atoms with Crippen LogP contribution in [0.2, 0.25) is 0 Å². The lowest BCUT2D eigenvalue weighted by Gasteiger charge is -2.46. The highest BCUT2D eigenvalue weighted by atomic mass is 16.7. The van der Waals surface area contributed by atoms with Crippen LogP contribution < -0.4 is 5.32 Å². The smallest absolute Gasteiger partial charge is 0.220 e. The quantitative estimate of drug-likeness (QED) is 0.0204. The molecule has 14 heteroatoms. The Kier molecular flexibility index (Phi) is 54.3. The number of aliphatic hydroxyl groups is 8. The Morgan fingerprint density at radius 1 is 0.407 bits per heavy atom. The second kappa shape index (κ2) is 59.6.